The molecule has 52 heavy (non-hydrogen) atoms. The second-order valence-electron chi connectivity index (χ2n) is 13.3. The maximum atomic E-state index is 2.45. The Morgan fingerprint density at radius 2 is 0.962 bits per heavy atom. The Morgan fingerprint density at radius 1 is 0.365 bits per heavy atom. The predicted octanol–water partition coefficient (Wildman–Crippen LogP) is 13.9. The lowest BCUT2D eigenvalue weighted by Gasteiger charge is -2.29. The van der Waals surface area contributed by atoms with Gasteiger partial charge < -0.3 is 9.47 Å². The van der Waals surface area contributed by atoms with Gasteiger partial charge in [0, 0.05) is 33.1 Å². The number of aromatic nitrogens is 1. The van der Waals surface area contributed by atoms with Gasteiger partial charge in [0.15, 0.2) is 0 Å². The summed E-state index contributed by atoms with van der Waals surface area (Å²) in [5.74, 6) is 0. The Morgan fingerprint density at radius 3 is 1.81 bits per heavy atom. The van der Waals surface area contributed by atoms with Crippen molar-refractivity contribution in [2.45, 2.75) is 0 Å². The lowest BCUT2D eigenvalue weighted by atomic mass is 9.92. The Labute approximate surface area is 303 Å². The number of nitrogens with zero attached hydrogens (tertiary/aromatic N) is 2. The normalized spacial score (nSPS) is 11.5. The average molecular weight is 663 g/mol. The van der Waals surface area contributed by atoms with Gasteiger partial charge in [0.25, 0.3) is 0 Å². The molecule has 0 radical (unpaired) electrons. The first-order valence-corrected chi connectivity index (χ1v) is 17.9. The summed E-state index contributed by atoms with van der Waals surface area (Å²) in [5.41, 5.74) is 11.7. The third-order valence-corrected chi connectivity index (χ3v) is 10.3. The lowest BCUT2D eigenvalue weighted by molar-refractivity contribution is 1.18. The summed E-state index contributed by atoms with van der Waals surface area (Å²) < 4.78 is 2.42. The highest BCUT2D eigenvalue weighted by atomic mass is 15.1. The molecule has 1 heterocycles. The van der Waals surface area contributed by atoms with Crippen molar-refractivity contribution in [2.75, 3.05) is 4.90 Å². The minimum atomic E-state index is 1.10. The maximum Gasteiger partial charge on any atom is 0.0553 e. The molecule has 0 spiro atoms. The number of hydrogen-bond donors (Lipinski definition) is 0. The van der Waals surface area contributed by atoms with Crippen molar-refractivity contribution < 1.29 is 0 Å². The van der Waals surface area contributed by atoms with Crippen LogP contribution in [0.1, 0.15) is 0 Å². The number of benzene rings is 9. The van der Waals surface area contributed by atoms with Gasteiger partial charge in [0.2, 0.25) is 0 Å². The quantitative estimate of drug-likeness (QED) is 0.172. The van der Waals surface area contributed by atoms with E-state index in [0.29, 0.717) is 0 Å². The van der Waals surface area contributed by atoms with Gasteiger partial charge in [-0.15, -0.1) is 0 Å². The van der Waals surface area contributed by atoms with Crippen LogP contribution in [0.5, 0.6) is 0 Å². The number of rotatable bonds is 6. The van der Waals surface area contributed by atoms with E-state index in [9.17, 15) is 0 Å². The molecule has 0 aliphatic carbocycles. The van der Waals surface area contributed by atoms with Crippen LogP contribution in [0.15, 0.2) is 206 Å². The minimum Gasteiger partial charge on any atom is -0.309 e. The van der Waals surface area contributed by atoms with E-state index in [0.717, 1.165) is 22.7 Å². The van der Waals surface area contributed by atoms with Crippen molar-refractivity contribution in [3.8, 4) is 27.9 Å². The number of fused-ring (bicyclic) bond motifs is 5. The van der Waals surface area contributed by atoms with E-state index in [1.807, 2.05) is 0 Å². The first kappa shape index (κ1) is 30.0. The molecule has 1 aromatic heterocycles. The molecule has 0 atom stereocenters. The van der Waals surface area contributed by atoms with Crippen LogP contribution >= 0.6 is 0 Å². The van der Waals surface area contributed by atoms with Gasteiger partial charge in [-0.3, -0.25) is 0 Å². The molecule has 0 amide bonds. The molecule has 10 rings (SSSR count). The van der Waals surface area contributed by atoms with Gasteiger partial charge >= 0.3 is 0 Å². The van der Waals surface area contributed by atoms with Crippen LogP contribution in [0.25, 0.3) is 71.3 Å². The zero-order valence-corrected chi connectivity index (χ0v) is 28.5. The van der Waals surface area contributed by atoms with Crippen LogP contribution in [0.3, 0.4) is 0 Å². The molecule has 244 valence electrons. The van der Waals surface area contributed by atoms with Crippen molar-refractivity contribution in [3.05, 3.63) is 206 Å². The van der Waals surface area contributed by atoms with Crippen molar-refractivity contribution in [1.29, 1.82) is 0 Å². The molecule has 0 aliphatic rings. The molecular weight excluding hydrogens is 629 g/mol. The largest absolute Gasteiger partial charge is 0.309 e. The van der Waals surface area contributed by atoms with Crippen molar-refractivity contribution in [2.24, 2.45) is 0 Å². The standard InChI is InChI=1S/C50H34N2/c1-3-17-35(18-4-1)41-27-11-13-30-45(41)52(46-32-16-21-36-19-7-9-26-42(36)46)40-25-15-22-38(33-40)49-43-28-10-8-20-37(43)34-48-50(49)44-29-12-14-31-47(44)51(48)39-23-5-2-6-24-39/h1-34H. The third kappa shape index (κ3) is 4.88. The summed E-state index contributed by atoms with van der Waals surface area (Å²) in [5, 5.41) is 7.38. The molecule has 9 aromatic carbocycles. The van der Waals surface area contributed by atoms with Crippen LogP contribution in [-0.4, -0.2) is 4.57 Å². The van der Waals surface area contributed by atoms with Gasteiger partial charge in [-0.1, -0.05) is 158 Å². The highest BCUT2D eigenvalue weighted by molar-refractivity contribution is 6.23. The molecular formula is C50H34N2. The van der Waals surface area contributed by atoms with Crippen LogP contribution in [0, 0.1) is 0 Å². The fourth-order valence-corrected chi connectivity index (χ4v) is 8.09. The summed E-state index contributed by atoms with van der Waals surface area (Å²) in [6, 6.07) is 74.7. The summed E-state index contributed by atoms with van der Waals surface area (Å²) in [6.07, 6.45) is 0. The van der Waals surface area contributed by atoms with Gasteiger partial charge in [-0.05, 0) is 81.4 Å². The van der Waals surface area contributed by atoms with Gasteiger partial charge in [0.05, 0.1) is 22.4 Å². The zero-order chi connectivity index (χ0) is 34.4. The summed E-state index contributed by atoms with van der Waals surface area (Å²) >= 11 is 0. The van der Waals surface area contributed by atoms with Crippen molar-refractivity contribution in [3.63, 3.8) is 0 Å². The molecule has 0 N–H and O–H groups in total. The van der Waals surface area contributed by atoms with Crippen LogP contribution in [0.4, 0.5) is 17.1 Å². The fourth-order valence-electron chi connectivity index (χ4n) is 8.09. The Hall–Kier alpha value is -6.90. The smallest absolute Gasteiger partial charge is 0.0553 e. The summed E-state index contributed by atoms with van der Waals surface area (Å²) in [7, 11) is 0. The third-order valence-electron chi connectivity index (χ3n) is 10.3. The lowest BCUT2D eigenvalue weighted by Crippen LogP contribution is -2.12. The number of hydrogen-bond acceptors (Lipinski definition) is 1. The average Bonchev–Trinajstić information content (AvgIpc) is 3.55. The molecule has 0 unspecified atom stereocenters. The van der Waals surface area contributed by atoms with E-state index in [-0.39, 0.29) is 0 Å². The molecule has 0 aliphatic heterocycles. The number of para-hydroxylation sites is 3. The van der Waals surface area contributed by atoms with Crippen LogP contribution in [0.2, 0.25) is 0 Å². The first-order chi connectivity index (χ1) is 25.8. The van der Waals surface area contributed by atoms with Crippen LogP contribution in [-0.2, 0) is 0 Å². The van der Waals surface area contributed by atoms with Crippen molar-refractivity contribution >= 4 is 60.4 Å². The molecule has 0 fully saturated rings. The Balaban J connectivity index is 1.28. The van der Waals surface area contributed by atoms with E-state index in [2.05, 4.69) is 216 Å². The van der Waals surface area contributed by atoms with E-state index >= 15 is 0 Å². The second-order valence-corrected chi connectivity index (χ2v) is 13.3. The molecule has 10 aromatic rings. The first-order valence-electron chi connectivity index (χ1n) is 17.9. The second kappa shape index (κ2) is 12.5. The molecule has 0 bridgehead atoms. The monoisotopic (exact) mass is 662 g/mol. The molecule has 2 heteroatoms. The summed E-state index contributed by atoms with van der Waals surface area (Å²) in [4.78, 5) is 2.45. The fraction of sp³-hybridized carbons (Fsp3) is 0. The van der Waals surface area contributed by atoms with E-state index < -0.39 is 0 Å². The molecule has 0 saturated carbocycles. The van der Waals surface area contributed by atoms with E-state index in [4.69, 9.17) is 0 Å². The Bertz CT molecular complexity index is 2900. The molecule has 2 nitrogen and oxygen atoms in total. The number of anilines is 3. The zero-order valence-electron chi connectivity index (χ0n) is 28.5. The summed E-state index contributed by atoms with van der Waals surface area (Å²) in [6.45, 7) is 0. The van der Waals surface area contributed by atoms with Crippen molar-refractivity contribution in [1.82, 2.24) is 4.57 Å². The van der Waals surface area contributed by atoms with Gasteiger partial charge in [0.1, 0.15) is 0 Å². The highest BCUT2D eigenvalue weighted by Gasteiger charge is 2.22. The topological polar surface area (TPSA) is 8.17 Å². The van der Waals surface area contributed by atoms with Gasteiger partial charge in [-0.2, -0.15) is 0 Å². The van der Waals surface area contributed by atoms with E-state index in [1.165, 1.54) is 65.6 Å². The predicted molar refractivity (Wildman–Crippen MR) is 221 cm³/mol. The van der Waals surface area contributed by atoms with E-state index in [1.54, 1.807) is 0 Å². The Kier molecular flexibility index (Phi) is 7.18. The SMILES string of the molecule is c1ccc(-c2ccccc2N(c2cccc(-c3c4ccccc4cc4c3c3ccccc3n4-c3ccccc3)c2)c2cccc3ccccc23)cc1. The minimum absolute atomic E-state index is 1.10. The van der Waals surface area contributed by atoms with Crippen LogP contribution < -0.4 is 4.90 Å². The highest BCUT2D eigenvalue weighted by Crippen LogP contribution is 2.47. The molecule has 0 saturated heterocycles. The maximum absolute atomic E-state index is 2.45. The van der Waals surface area contributed by atoms with Gasteiger partial charge in [-0.25, -0.2) is 0 Å².